The van der Waals surface area contributed by atoms with Crippen LogP contribution >= 0.6 is 0 Å². The fraction of sp³-hybridized carbons (Fsp3) is 0.111. The Morgan fingerprint density at radius 2 is 2.25 bits per heavy atom. The molecule has 0 amide bonds. The summed E-state index contributed by atoms with van der Waals surface area (Å²) in [5.74, 6) is 0. The molecule has 0 radical (unpaired) electrons. The van der Waals surface area contributed by atoms with E-state index in [1.807, 2.05) is 19.1 Å². The van der Waals surface area contributed by atoms with Gasteiger partial charge in [-0.15, -0.1) is 0 Å². The van der Waals surface area contributed by atoms with Crippen molar-refractivity contribution in [3.63, 3.8) is 0 Å². The Kier molecular flexibility index (Phi) is 1.63. The van der Waals surface area contributed by atoms with Crippen LogP contribution in [0.3, 0.4) is 0 Å². The molecule has 0 atom stereocenters. The van der Waals surface area contributed by atoms with Crippen LogP contribution in [0, 0.1) is 6.92 Å². The Balaban J connectivity index is 2.48. The third-order valence-corrected chi connectivity index (χ3v) is 1.62. The van der Waals surface area contributed by atoms with Crippen LogP contribution in [-0.4, -0.2) is 9.97 Å². The molecule has 0 saturated carbocycles. The van der Waals surface area contributed by atoms with E-state index in [1.165, 1.54) is 0 Å². The molecular weight excluding hydrogens is 152 g/mol. The van der Waals surface area contributed by atoms with Crippen molar-refractivity contribution in [3.05, 3.63) is 36.7 Å². The molecule has 0 aliphatic carbocycles. The molecule has 2 heterocycles. The van der Waals surface area contributed by atoms with Gasteiger partial charge >= 0.3 is 0 Å². The second kappa shape index (κ2) is 2.77. The van der Waals surface area contributed by atoms with Gasteiger partial charge in [0.15, 0.2) is 0 Å². The van der Waals surface area contributed by atoms with Gasteiger partial charge in [-0.3, -0.25) is 0 Å². The molecule has 2 aromatic heterocycles. The highest BCUT2D eigenvalue weighted by molar-refractivity contribution is 5.56. The van der Waals surface area contributed by atoms with Gasteiger partial charge in [-0.05, 0) is 19.1 Å². The van der Waals surface area contributed by atoms with E-state index >= 15 is 0 Å². The molecule has 12 heavy (non-hydrogen) atoms. The van der Waals surface area contributed by atoms with Gasteiger partial charge in [0, 0.05) is 11.3 Å². The molecule has 0 aliphatic heterocycles. The highest BCUT2D eigenvalue weighted by Gasteiger charge is 1.99. The standard InChI is InChI=1S/C9H8N2O/c1-7-4-9(11-6-10-7)8-2-3-12-5-8/h2-6H,1H3. The number of furan rings is 1. The second-order valence-electron chi connectivity index (χ2n) is 2.56. The maximum absolute atomic E-state index is 4.95. The first kappa shape index (κ1) is 7.03. The zero-order valence-electron chi connectivity index (χ0n) is 6.69. The van der Waals surface area contributed by atoms with Crippen LogP contribution in [0.5, 0.6) is 0 Å². The minimum absolute atomic E-state index is 0.899. The fourth-order valence-corrected chi connectivity index (χ4v) is 1.02. The SMILES string of the molecule is Cc1cc(-c2ccoc2)ncn1. The smallest absolute Gasteiger partial charge is 0.116 e. The Morgan fingerprint density at radius 3 is 2.92 bits per heavy atom. The summed E-state index contributed by atoms with van der Waals surface area (Å²) in [6.45, 7) is 1.94. The van der Waals surface area contributed by atoms with Crippen molar-refractivity contribution in [1.82, 2.24) is 9.97 Å². The van der Waals surface area contributed by atoms with E-state index in [0.29, 0.717) is 0 Å². The van der Waals surface area contributed by atoms with E-state index in [-0.39, 0.29) is 0 Å². The summed E-state index contributed by atoms with van der Waals surface area (Å²) in [5.41, 5.74) is 2.85. The van der Waals surface area contributed by atoms with Gasteiger partial charge in [-0.1, -0.05) is 0 Å². The Labute approximate surface area is 70.1 Å². The van der Waals surface area contributed by atoms with Crippen LogP contribution in [0.1, 0.15) is 5.69 Å². The quantitative estimate of drug-likeness (QED) is 0.640. The van der Waals surface area contributed by atoms with Crippen molar-refractivity contribution < 1.29 is 4.42 Å². The highest BCUT2D eigenvalue weighted by atomic mass is 16.3. The van der Waals surface area contributed by atoms with Gasteiger partial charge in [0.2, 0.25) is 0 Å². The first-order valence-electron chi connectivity index (χ1n) is 3.67. The second-order valence-corrected chi connectivity index (χ2v) is 2.56. The lowest BCUT2D eigenvalue weighted by Gasteiger charge is -1.95. The van der Waals surface area contributed by atoms with E-state index in [9.17, 15) is 0 Å². The maximum Gasteiger partial charge on any atom is 0.116 e. The van der Waals surface area contributed by atoms with Crippen LogP contribution in [0.15, 0.2) is 35.4 Å². The number of rotatable bonds is 1. The van der Waals surface area contributed by atoms with Crippen molar-refractivity contribution in [3.8, 4) is 11.3 Å². The van der Waals surface area contributed by atoms with Crippen molar-refractivity contribution in [2.24, 2.45) is 0 Å². The largest absolute Gasteiger partial charge is 0.472 e. The summed E-state index contributed by atoms with van der Waals surface area (Å²) in [6, 6.07) is 3.80. The average molecular weight is 160 g/mol. The fourth-order valence-electron chi connectivity index (χ4n) is 1.02. The van der Waals surface area contributed by atoms with E-state index in [2.05, 4.69) is 9.97 Å². The molecule has 0 unspecified atom stereocenters. The molecule has 60 valence electrons. The van der Waals surface area contributed by atoms with Gasteiger partial charge in [0.05, 0.1) is 18.2 Å². The summed E-state index contributed by atoms with van der Waals surface area (Å²) >= 11 is 0. The topological polar surface area (TPSA) is 38.9 Å². The van der Waals surface area contributed by atoms with E-state index < -0.39 is 0 Å². The van der Waals surface area contributed by atoms with Crippen molar-refractivity contribution >= 4 is 0 Å². The van der Waals surface area contributed by atoms with Crippen molar-refractivity contribution in [2.45, 2.75) is 6.92 Å². The van der Waals surface area contributed by atoms with Crippen molar-refractivity contribution in [2.75, 3.05) is 0 Å². The van der Waals surface area contributed by atoms with Crippen LogP contribution in [0.2, 0.25) is 0 Å². The summed E-state index contributed by atoms with van der Waals surface area (Å²) in [6.07, 6.45) is 4.85. The van der Waals surface area contributed by atoms with Gasteiger partial charge in [-0.2, -0.15) is 0 Å². The monoisotopic (exact) mass is 160 g/mol. The Bertz CT molecular complexity index is 368. The minimum Gasteiger partial charge on any atom is -0.472 e. The lowest BCUT2D eigenvalue weighted by molar-refractivity contribution is 0.568. The lowest BCUT2D eigenvalue weighted by Crippen LogP contribution is -1.85. The van der Waals surface area contributed by atoms with Crippen molar-refractivity contribution in [1.29, 1.82) is 0 Å². The predicted octanol–water partition coefficient (Wildman–Crippen LogP) is 2.05. The normalized spacial score (nSPS) is 10.1. The Hall–Kier alpha value is -1.64. The van der Waals surface area contributed by atoms with Crippen LogP contribution in [0.25, 0.3) is 11.3 Å². The van der Waals surface area contributed by atoms with Gasteiger partial charge in [-0.25, -0.2) is 9.97 Å². The van der Waals surface area contributed by atoms with Gasteiger partial charge in [0.25, 0.3) is 0 Å². The molecule has 0 fully saturated rings. The number of nitrogens with zero attached hydrogens (tertiary/aromatic N) is 2. The molecule has 2 aromatic rings. The molecule has 0 saturated heterocycles. The van der Waals surface area contributed by atoms with Crippen LogP contribution in [0.4, 0.5) is 0 Å². The molecule has 0 aromatic carbocycles. The molecule has 2 rings (SSSR count). The number of aromatic nitrogens is 2. The zero-order chi connectivity index (χ0) is 8.39. The van der Waals surface area contributed by atoms with E-state index in [4.69, 9.17) is 4.42 Å². The summed E-state index contributed by atoms with van der Waals surface area (Å²) in [4.78, 5) is 8.12. The zero-order valence-corrected chi connectivity index (χ0v) is 6.69. The van der Waals surface area contributed by atoms with Crippen LogP contribution in [-0.2, 0) is 0 Å². The highest BCUT2D eigenvalue weighted by Crippen LogP contribution is 2.16. The molecule has 0 aliphatic rings. The Morgan fingerprint density at radius 1 is 1.33 bits per heavy atom. The first-order valence-corrected chi connectivity index (χ1v) is 3.67. The van der Waals surface area contributed by atoms with Gasteiger partial charge in [0.1, 0.15) is 6.33 Å². The number of aryl methyl sites for hydroxylation is 1. The first-order chi connectivity index (χ1) is 5.86. The minimum atomic E-state index is 0.899. The number of hydrogen-bond donors (Lipinski definition) is 0. The molecule has 3 nitrogen and oxygen atoms in total. The molecule has 0 N–H and O–H groups in total. The summed E-state index contributed by atoms with van der Waals surface area (Å²) in [5, 5.41) is 0. The van der Waals surface area contributed by atoms with E-state index in [1.54, 1.807) is 18.9 Å². The maximum atomic E-state index is 4.95. The predicted molar refractivity (Wildman–Crippen MR) is 44.5 cm³/mol. The number of hydrogen-bond acceptors (Lipinski definition) is 3. The van der Waals surface area contributed by atoms with Gasteiger partial charge < -0.3 is 4.42 Å². The average Bonchev–Trinajstić information content (AvgIpc) is 2.56. The molecule has 0 spiro atoms. The lowest BCUT2D eigenvalue weighted by atomic mass is 10.2. The summed E-state index contributed by atoms with van der Waals surface area (Å²) < 4.78 is 4.95. The summed E-state index contributed by atoms with van der Waals surface area (Å²) in [7, 11) is 0. The third kappa shape index (κ3) is 1.21. The third-order valence-electron chi connectivity index (χ3n) is 1.62. The molecule has 3 heteroatoms. The van der Waals surface area contributed by atoms with Crippen LogP contribution < -0.4 is 0 Å². The molecule has 0 bridgehead atoms. The molecular formula is C9H8N2O. The van der Waals surface area contributed by atoms with E-state index in [0.717, 1.165) is 17.0 Å².